The van der Waals surface area contributed by atoms with Gasteiger partial charge in [0, 0.05) is 24.1 Å². The summed E-state index contributed by atoms with van der Waals surface area (Å²) in [5.74, 6) is 0.197. The number of nitrogens with zero attached hydrogens (tertiary/aromatic N) is 1. The molecule has 3 nitrogen and oxygen atoms in total. The van der Waals surface area contributed by atoms with E-state index in [4.69, 9.17) is 11.6 Å². The molecule has 1 saturated heterocycles. The van der Waals surface area contributed by atoms with Crippen LogP contribution in [0.15, 0.2) is 22.7 Å². The van der Waals surface area contributed by atoms with Gasteiger partial charge in [0.2, 0.25) is 5.91 Å². The molecule has 0 bridgehead atoms. The molecule has 1 heterocycles. The average molecular weight is 346 g/mol. The first kappa shape index (κ1) is 14.8. The fraction of sp³-hybridized carbons (Fsp3) is 0.500. The highest BCUT2D eigenvalue weighted by molar-refractivity contribution is 9.10. The molecular weight excluding hydrogens is 328 g/mol. The SMILES string of the molecule is O=C(CNCc1ccc(Br)c(Cl)c1)N1CCCCC1. The van der Waals surface area contributed by atoms with Gasteiger partial charge in [-0.05, 0) is 52.9 Å². The molecule has 1 aromatic rings. The standard InChI is InChI=1S/C14H18BrClN2O/c15-12-5-4-11(8-13(12)16)9-17-10-14(19)18-6-2-1-3-7-18/h4-5,8,17H,1-3,6-7,9-10H2. The van der Waals surface area contributed by atoms with E-state index in [2.05, 4.69) is 21.2 Å². The molecule has 0 spiro atoms. The molecule has 0 aromatic heterocycles. The summed E-state index contributed by atoms with van der Waals surface area (Å²) >= 11 is 9.39. The third-order valence-electron chi connectivity index (χ3n) is 3.30. The molecule has 19 heavy (non-hydrogen) atoms. The van der Waals surface area contributed by atoms with Crippen LogP contribution < -0.4 is 5.32 Å². The molecule has 0 saturated carbocycles. The molecule has 0 atom stereocenters. The van der Waals surface area contributed by atoms with Crippen molar-refractivity contribution in [3.05, 3.63) is 33.3 Å². The first-order chi connectivity index (χ1) is 9.16. The maximum Gasteiger partial charge on any atom is 0.236 e. The number of benzene rings is 1. The monoisotopic (exact) mass is 344 g/mol. The lowest BCUT2D eigenvalue weighted by Gasteiger charge is -2.26. The number of hydrogen-bond donors (Lipinski definition) is 1. The summed E-state index contributed by atoms with van der Waals surface area (Å²) in [6.07, 6.45) is 3.51. The molecule has 104 valence electrons. The van der Waals surface area contributed by atoms with E-state index in [0.29, 0.717) is 18.1 Å². The Morgan fingerprint density at radius 1 is 1.32 bits per heavy atom. The van der Waals surface area contributed by atoms with Crippen molar-refractivity contribution in [2.24, 2.45) is 0 Å². The van der Waals surface area contributed by atoms with Crippen molar-refractivity contribution in [1.82, 2.24) is 10.2 Å². The predicted molar refractivity (Wildman–Crippen MR) is 81.3 cm³/mol. The molecule has 0 radical (unpaired) electrons. The summed E-state index contributed by atoms with van der Waals surface area (Å²) in [6, 6.07) is 5.82. The van der Waals surface area contributed by atoms with Gasteiger partial charge in [-0.3, -0.25) is 4.79 Å². The van der Waals surface area contributed by atoms with Gasteiger partial charge in [-0.2, -0.15) is 0 Å². The lowest BCUT2D eigenvalue weighted by molar-refractivity contribution is -0.131. The molecule has 0 aliphatic carbocycles. The van der Waals surface area contributed by atoms with E-state index in [1.54, 1.807) is 0 Å². The number of hydrogen-bond acceptors (Lipinski definition) is 2. The van der Waals surface area contributed by atoms with E-state index in [0.717, 1.165) is 36.0 Å². The molecule has 1 N–H and O–H groups in total. The quantitative estimate of drug-likeness (QED) is 0.909. The fourth-order valence-electron chi connectivity index (χ4n) is 2.22. The van der Waals surface area contributed by atoms with Crippen LogP contribution in [-0.4, -0.2) is 30.4 Å². The van der Waals surface area contributed by atoms with Crippen LogP contribution in [0.2, 0.25) is 5.02 Å². The van der Waals surface area contributed by atoms with E-state index in [9.17, 15) is 4.79 Å². The zero-order valence-electron chi connectivity index (χ0n) is 10.8. The van der Waals surface area contributed by atoms with Gasteiger partial charge in [-0.15, -0.1) is 0 Å². The minimum atomic E-state index is 0.197. The van der Waals surface area contributed by atoms with Gasteiger partial charge in [0.1, 0.15) is 0 Å². The fourth-order valence-corrected chi connectivity index (χ4v) is 2.67. The van der Waals surface area contributed by atoms with Crippen LogP contribution in [0.5, 0.6) is 0 Å². The van der Waals surface area contributed by atoms with Crippen molar-refractivity contribution >= 4 is 33.4 Å². The van der Waals surface area contributed by atoms with Crippen LogP contribution in [0, 0.1) is 0 Å². The van der Waals surface area contributed by atoms with Crippen molar-refractivity contribution < 1.29 is 4.79 Å². The Kier molecular flexibility index (Phi) is 5.67. The highest BCUT2D eigenvalue weighted by Gasteiger charge is 2.15. The smallest absolute Gasteiger partial charge is 0.236 e. The Bertz CT molecular complexity index is 447. The molecule has 1 aliphatic heterocycles. The second-order valence-electron chi connectivity index (χ2n) is 4.79. The summed E-state index contributed by atoms with van der Waals surface area (Å²) in [7, 11) is 0. The molecule has 1 aromatic carbocycles. The lowest BCUT2D eigenvalue weighted by Crippen LogP contribution is -2.40. The maximum absolute atomic E-state index is 11.9. The second-order valence-corrected chi connectivity index (χ2v) is 6.05. The first-order valence-electron chi connectivity index (χ1n) is 6.59. The van der Waals surface area contributed by atoms with Crippen molar-refractivity contribution in [2.75, 3.05) is 19.6 Å². The Morgan fingerprint density at radius 3 is 2.74 bits per heavy atom. The first-order valence-corrected chi connectivity index (χ1v) is 7.76. The van der Waals surface area contributed by atoms with Gasteiger partial charge in [0.15, 0.2) is 0 Å². The van der Waals surface area contributed by atoms with E-state index >= 15 is 0 Å². The molecule has 2 rings (SSSR count). The van der Waals surface area contributed by atoms with Crippen molar-refractivity contribution in [3.8, 4) is 0 Å². The molecular formula is C14H18BrClN2O. The van der Waals surface area contributed by atoms with Crippen LogP contribution in [0.1, 0.15) is 24.8 Å². The molecule has 1 fully saturated rings. The Hall–Kier alpha value is -0.580. The Morgan fingerprint density at radius 2 is 2.05 bits per heavy atom. The highest BCUT2D eigenvalue weighted by Crippen LogP contribution is 2.23. The summed E-state index contributed by atoms with van der Waals surface area (Å²) in [6.45, 7) is 2.87. The van der Waals surface area contributed by atoms with E-state index in [1.807, 2.05) is 23.1 Å². The third-order valence-corrected chi connectivity index (χ3v) is 4.53. The number of piperidine rings is 1. The van der Waals surface area contributed by atoms with Crippen molar-refractivity contribution in [2.45, 2.75) is 25.8 Å². The summed E-state index contributed by atoms with van der Waals surface area (Å²) in [5, 5.41) is 3.88. The van der Waals surface area contributed by atoms with Gasteiger partial charge in [0.25, 0.3) is 0 Å². The number of nitrogens with one attached hydrogen (secondary N) is 1. The van der Waals surface area contributed by atoms with Crippen molar-refractivity contribution in [3.63, 3.8) is 0 Å². The molecule has 1 amide bonds. The largest absolute Gasteiger partial charge is 0.342 e. The maximum atomic E-state index is 11.9. The van der Waals surface area contributed by atoms with Crippen LogP contribution in [-0.2, 0) is 11.3 Å². The topological polar surface area (TPSA) is 32.3 Å². The number of carbonyl (C=O) groups is 1. The number of rotatable bonds is 4. The summed E-state index contributed by atoms with van der Waals surface area (Å²) in [5.41, 5.74) is 1.08. The van der Waals surface area contributed by atoms with Crippen LogP contribution in [0.4, 0.5) is 0 Å². The lowest BCUT2D eigenvalue weighted by atomic mass is 10.1. The summed E-state index contributed by atoms with van der Waals surface area (Å²) in [4.78, 5) is 13.9. The van der Waals surface area contributed by atoms with Crippen LogP contribution in [0.3, 0.4) is 0 Å². The van der Waals surface area contributed by atoms with E-state index in [-0.39, 0.29) is 5.91 Å². The number of halogens is 2. The zero-order valence-corrected chi connectivity index (χ0v) is 13.1. The number of likely N-dealkylation sites (tertiary alicyclic amines) is 1. The van der Waals surface area contributed by atoms with Gasteiger partial charge in [-0.1, -0.05) is 17.7 Å². The highest BCUT2D eigenvalue weighted by atomic mass is 79.9. The van der Waals surface area contributed by atoms with Gasteiger partial charge in [-0.25, -0.2) is 0 Å². The second kappa shape index (κ2) is 7.27. The van der Waals surface area contributed by atoms with Gasteiger partial charge >= 0.3 is 0 Å². The van der Waals surface area contributed by atoms with Crippen LogP contribution in [0.25, 0.3) is 0 Å². The Labute approximate surface area is 127 Å². The van der Waals surface area contributed by atoms with Crippen molar-refractivity contribution in [1.29, 1.82) is 0 Å². The van der Waals surface area contributed by atoms with Crippen LogP contribution >= 0.6 is 27.5 Å². The van der Waals surface area contributed by atoms with E-state index in [1.165, 1.54) is 6.42 Å². The third kappa shape index (κ3) is 4.48. The van der Waals surface area contributed by atoms with Gasteiger partial charge < -0.3 is 10.2 Å². The number of carbonyl (C=O) groups excluding carboxylic acids is 1. The summed E-state index contributed by atoms with van der Waals surface area (Å²) < 4.78 is 0.891. The van der Waals surface area contributed by atoms with E-state index < -0.39 is 0 Å². The minimum absolute atomic E-state index is 0.197. The number of amides is 1. The Balaban J connectivity index is 1.76. The zero-order chi connectivity index (χ0) is 13.7. The molecule has 1 aliphatic rings. The normalized spacial score (nSPS) is 15.6. The average Bonchev–Trinajstić information content (AvgIpc) is 2.43. The minimum Gasteiger partial charge on any atom is -0.342 e. The predicted octanol–water partition coefficient (Wildman–Crippen LogP) is 3.20. The van der Waals surface area contributed by atoms with Gasteiger partial charge in [0.05, 0.1) is 11.6 Å². The molecule has 5 heteroatoms. The molecule has 0 unspecified atom stereocenters.